The van der Waals surface area contributed by atoms with Crippen molar-refractivity contribution < 1.29 is 44.1 Å². The molecule has 1 rings (SSSR count). The SMILES string of the molecule is NC(=O)CCC(NC(=O)C1CCCN1)C(=O)NC(CO)C(=O)NC(CCC(=O)O)C(=O)O. The van der Waals surface area contributed by atoms with Crippen molar-refractivity contribution in [2.45, 2.75) is 62.7 Å². The van der Waals surface area contributed by atoms with Crippen LogP contribution in [0, 0.1) is 0 Å². The van der Waals surface area contributed by atoms with Crippen molar-refractivity contribution in [1.82, 2.24) is 21.3 Å². The number of aliphatic hydroxyl groups excluding tert-OH is 1. The standard InChI is InChI=1S/C18H29N5O9/c19-13(25)5-3-10(21-15(28)9-2-1-7-20-9)16(29)23-12(8-24)17(30)22-11(18(31)32)4-6-14(26)27/h9-12,20,24H,1-8H2,(H2,19,25)(H,21,28)(H,22,30)(H,23,29)(H,26,27)(H,31,32). The van der Waals surface area contributed by atoms with Crippen molar-refractivity contribution in [3.8, 4) is 0 Å². The van der Waals surface area contributed by atoms with Crippen molar-refractivity contribution >= 4 is 35.6 Å². The number of carbonyl (C=O) groups is 6. The predicted octanol–water partition coefficient (Wildman–Crippen LogP) is -3.60. The Bertz CT molecular complexity index is 724. The molecule has 4 amide bonds. The van der Waals surface area contributed by atoms with E-state index in [0.717, 1.165) is 6.42 Å². The Balaban J connectivity index is 2.80. The van der Waals surface area contributed by atoms with Crippen molar-refractivity contribution in [3.63, 3.8) is 0 Å². The van der Waals surface area contributed by atoms with Gasteiger partial charge in [-0.3, -0.25) is 24.0 Å². The van der Waals surface area contributed by atoms with Gasteiger partial charge in [0.05, 0.1) is 12.6 Å². The molecule has 1 aliphatic heterocycles. The van der Waals surface area contributed by atoms with Crippen LogP contribution in [0.4, 0.5) is 0 Å². The maximum atomic E-state index is 12.6. The Morgan fingerprint density at radius 2 is 1.50 bits per heavy atom. The van der Waals surface area contributed by atoms with Crippen molar-refractivity contribution in [2.75, 3.05) is 13.2 Å². The molecule has 180 valence electrons. The average molecular weight is 459 g/mol. The first-order valence-electron chi connectivity index (χ1n) is 10.0. The Hall–Kier alpha value is -3.26. The number of hydrogen-bond acceptors (Lipinski definition) is 8. The molecule has 0 saturated carbocycles. The summed E-state index contributed by atoms with van der Waals surface area (Å²) in [6.07, 6.45) is 0.0106. The Kier molecular flexibility index (Phi) is 11.1. The molecule has 1 aliphatic rings. The van der Waals surface area contributed by atoms with E-state index in [1.165, 1.54) is 0 Å². The first-order chi connectivity index (χ1) is 15.0. The monoisotopic (exact) mass is 459 g/mol. The normalized spacial score (nSPS) is 18.1. The third-order valence-electron chi connectivity index (χ3n) is 4.77. The molecule has 9 N–H and O–H groups in total. The van der Waals surface area contributed by atoms with Crippen LogP contribution in [0.3, 0.4) is 0 Å². The second-order valence-electron chi connectivity index (χ2n) is 7.29. The van der Waals surface area contributed by atoms with E-state index in [4.69, 9.17) is 15.9 Å². The summed E-state index contributed by atoms with van der Waals surface area (Å²) in [6.45, 7) is -0.265. The van der Waals surface area contributed by atoms with E-state index in [-0.39, 0.29) is 12.8 Å². The molecule has 4 atom stereocenters. The highest BCUT2D eigenvalue weighted by atomic mass is 16.4. The molecule has 0 bridgehead atoms. The van der Waals surface area contributed by atoms with E-state index in [1.807, 2.05) is 0 Å². The number of primary amides is 1. The minimum atomic E-state index is -1.58. The fraction of sp³-hybridized carbons (Fsp3) is 0.667. The van der Waals surface area contributed by atoms with Gasteiger partial charge in [-0.25, -0.2) is 4.79 Å². The highest BCUT2D eigenvalue weighted by Crippen LogP contribution is 2.07. The molecular weight excluding hydrogens is 430 g/mol. The van der Waals surface area contributed by atoms with Gasteiger partial charge in [0.25, 0.3) is 0 Å². The van der Waals surface area contributed by atoms with Crippen LogP contribution in [-0.2, 0) is 28.8 Å². The molecule has 1 fully saturated rings. The maximum Gasteiger partial charge on any atom is 0.326 e. The first kappa shape index (κ1) is 26.8. The second-order valence-corrected chi connectivity index (χ2v) is 7.29. The fourth-order valence-corrected chi connectivity index (χ4v) is 3.00. The van der Waals surface area contributed by atoms with E-state index in [1.54, 1.807) is 0 Å². The van der Waals surface area contributed by atoms with Gasteiger partial charge in [0.15, 0.2) is 0 Å². The second kappa shape index (κ2) is 13.2. The summed E-state index contributed by atoms with van der Waals surface area (Å²) < 4.78 is 0. The van der Waals surface area contributed by atoms with Gasteiger partial charge in [-0.05, 0) is 32.2 Å². The molecule has 0 aliphatic carbocycles. The Morgan fingerprint density at radius 3 is 2.00 bits per heavy atom. The van der Waals surface area contributed by atoms with E-state index in [2.05, 4.69) is 21.3 Å². The molecule has 0 aromatic rings. The van der Waals surface area contributed by atoms with Crippen molar-refractivity contribution in [3.05, 3.63) is 0 Å². The maximum absolute atomic E-state index is 12.6. The van der Waals surface area contributed by atoms with Gasteiger partial charge in [0, 0.05) is 12.8 Å². The zero-order chi connectivity index (χ0) is 24.3. The van der Waals surface area contributed by atoms with Gasteiger partial charge in [-0.1, -0.05) is 0 Å². The van der Waals surface area contributed by atoms with Crippen LogP contribution < -0.4 is 27.0 Å². The third kappa shape index (κ3) is 9.26. The number of rotatable bonds is 14. The number of aliphatic carboxylic acids is 2. The summed E-state index contributed by atoms with van der Waals surface area (Å²) in [6, 6.07) is -4.88. The lowest BCUT2D eigenvalue weighted by molar-refractivity contribution is -0.143. The largest absolute Gasteiger partial charge is 0.481 e. The minimum absolute atomic E-state index is 0.157. The van der Waals surface area contributed by atoms with Crippen LogP contribution in [0.15, 0.2) is 0 Å². The van der Waals surface area contributed by atoms with Gasteiger partial charge >= 0.3 is 11.9 Å². The number of carbonyl (C=O) groups excluding carboxylic acids is 4. The summed E-state index contributed by atoms with van der Waals surface area (Å²) in [4.78, 5) is 70.3. The quantitative estimate of drug-likeness (QED) is 0.127. The predicted molar refractivity (Wildman–Crippen MR) is 107 cm³/mol. The van der Waals surface area contributed by atoms with Gasteiger partial charge in [-0.2, -0.15) is 0 Å². The van der Waals surface area contributed by atoms with E-state index in [9.17, 15) is 33.9 Å². The number of amides is 4. The Morgan fingerprint density at radius 1 is 0.906 bits per heavy atom. The van der Waals surface area contributed by atoms with Crippen LogP contribution in [0.25, 0.3) is 0 Å². The lowest BCUT2D eigenvalue weighted by Crippen LogP contribution is -2.58. The van der Waals surface area contributed by atoms with Crippen molar-refractivity contribution in [2.24, 2.45) is 5.73 Å². The Labute approximate surface area is 183 Å². The van der Waals surface area contributed by atoms with Crippen molar-refractivity contribution in [1.29, 1.82) is 0 Å². The molecule has 1 saturated heterocycles. The lowest BCUT2D eigenvalue weighted by atomic mass is 10.1. The molecule has 14 nitrogen and oxygen atoms in total. The topological polar surface area (TPSA) is 237 Å². The molecule has 0 aromatic heterocycles. The third-order valence-corrected chi connectivity index (χ3v) is 4.77. The molecule has 0 spiro atoms. The average Bonchev–Trinajstić information content (AvgIpc) is 3.26. The van der Waals surface area contributed by atoms with E-state index in [0.29, 0.717) is 13.0 Å². The molecule has 0 aromatic carbocycles. The molecular formula is C18H29N5O9. The lowest BCUT2D eigenvalue weighted by Gasteiger charge is -2.24. The number of nitrogens with two attached hydrogens (primary N) is 1. The van der Waals surface area contributed by atoms with Crippen LogP contribution >= 0.6 is 0 Å². The number of carboxylic acid groups (broad SMARTS) is 2. The van der Waals surface area contributed by atoms with Crippen LogP contribution in [0.5, 0.6) is 0 Å². The highest BCUT2D eigenvalue weighted by Gasteiger charge is 2.31. The number of aliphatic hydroxyl groups is 1. The van der Waals surface area contributed by atoms with Gasteiger partial charge in [0.1, 0.15) is 18.1 Å². The van der Waals surface area contributed by atoms with Gasteiger partial charge < -0.3 is 42.3 Å². The molecule has 32 heavy (non-hydrogen) atoms. The molecule has 1 heterocycles. The zero-order valence-corrected chi connectivity index (χ0v) is 17.3. The number of carboxylic acids is 2. The summed E-state index contributed by atoms with van der Waals surface area (Å²) in [5.74, 6) is -5.88. The molecule has 0 radical (unpaired) electrons. The molecule has 14 heteroatoms. The van der Waals surface area contributed by atoms with E-state index >= 15 is 0 Å². The summed E-state index contributed by atoms with van der Waals surface area (Å²) in [7, 11) is 0. The first-order valence-corrected chi connectivity index (χ1v) is 10.0. The summed E-state index contributed by atoms with van der Waals surface area (Å²) in [5, 5.41) is 37.0. The van der Waals surface area contributed by atoms with E-state index < -0.39 is 79.2 Å². The summed E-state index contributed by atoms with van der Waals surface area (Å²) >= 11 is 0. The number of nitrogens with one attached hydrogen (secondary N) is 4. The fourth-order valence-electron chi connectivity index (χ4n) is 3.00. The van der Waals surface area contributed by atoms with Gasteiger partial charge in [-0.15, -0.1) is 0 Å². The molecule has 4 unspecified atom stereocenters. The number of hydrogen-bond donors (Lipinski definition) is 8. The van der Waals surface area contributed by atoms with Crippen LogP contribution in [0.1, 0.15) is 38.5 Å². The zero-order valence-electron chi connectivity index (χ0n) is 17.3. The minimum Gasteiger partial charge on any atom is -0.481 e. The van der Waals surface area contributed by atoms with Crippen LogP contribution in [0.2, 0.25) is 0 Å². The van der Waals surface area contributed by atoms with Gasteiger partial charge in [0.2, 0.25) is 23.6 Å². The smallest absolute Gasteiger partial charge is 0.326 e. The summed E-state index contributed by atoms with van der Waals surface area (Å²) in [5.41, 5.74) is 5.11. The van der Waals surface area contributed by atoms with Crippen LogP contribution in [-0.4, -0.2) is 88.2 Å². The highest BCUT2D eigenvalue weighted by molar-refractivity contribution is 5.94.